The first-order valence-electron chi connectivity index (χ1n) is 5.13. The molecule has 0 unspecified atom stereocenters. The van der Waals surface area contributed by atoms with Gasteiger partial charge in [0, 0.05) is 18.9 Å². The monoisotopic (exact) mass is 233 g/mol. The van der Waals surface area contributed by atoms with Crippen molar-refractivity contribution in [2.45, 2.75) is 6.92 Å². The Morgan fingerprint density at radius 3 is 2.82 bits per heavy atom. The number of nitrogens with zero attached hydrogens (tertiary/aromatic N) is 2. The maximum atomic E-state index is 13.1. The third-order valence-electron chi connectivity index (χ3n) is 2.50. The van der Waals surface area contributed by atoms with Gasteiger partial charge in [-0.05, 0) is 30.7 Å². The van der Waals surface area contributed by atoms with Crippen molar-refractivity contribution in [3.8, 4) is 0 Å². The Labute approximate surface area is 98.1 Å². The van der Waals surface area contributed by atoms with Crippen LogP contribution in [0, 0.1) is 12.7 Å². The molecule has 0 atom stereocenters. The standard InChI is InChI=1S/C12H12FN3O/c1-8-3-4-9(13)7-10(8)15-12(17)11-5-6-14-16(11)2/h3-7H,1-2H3,(H,15,17). The summed E-state index contributed by atoms with van der Waals surface area (Å²) < 4.78 is 14.5. The Balaban J connectivity index is 2.24. The Hall–Kier alpha value is -2.17. The van der Waals surface area contributed by atoms with E-state index in [2.05, 4.69) is 10.4 Å². The van der Waals surface area contributed by atoms with Gasteiger partial charge in [-0.25, -0.2) is 4.39 Å². The molecule has 1 aromatic carbocycles. The lowest BCUT2D eigenvalue weighted by Crippen LogP contribution is -2.16. The summed E-state index contributed by atoms with van der Waals surface area (Å²) in [4.78, 5) is 11.9. The van der Waals surface area contributed by atoms with E-state index in [-0.39, 0.29) is 11.7 Å². The van der Waals surface area contributed by atoms with Crippen LogP contribution in [0.3, 0.4) is 0 Å². The fourth-order valence-corrected chi connectivity index (χ4v) is 1.51. The lowest BCUT2D eigenvalue weighted by molar-refractivity contribution is 0.101. The first kappa shape index (κ1) is 11.3. The fraction of sp³-hybridized carbons (Fsp3) is 0.167. The minimum Gasteiger partial charge on any atom is -0.320 e. The van der Waals surface area contributed by atoms with Gasteiger partial charge < -0.3 is 5.32 Å². The molecule has 88 valence electrons. The maximum Gasteiger partial charge on any atom is 0.273 e. The molecule has 0 saturated carbocycles. The molecular formula is C12H12FN3O. The molecule has 5 heteroatoms. The third-order valence-corrected chi connectivity index (χ3v) is 2.50. The van der Waals surface area contributed by atoms with Crippen LogP contribution in [0.25, 0.3) is 0 Å². The van der Waals surface area contributed by atoms with Gasteiger partial charge in [-0.15, -0.1) is 0 Å². The van der Waals surface area contributed by atoms with Crippen LogP contribution in [-0.4, -0.2) is 15.7 Å². The van der Waals surface area contributed by atoms with Crippen LogP contribution < -0.4 is 5.32 Å². The molecule has 0 aliphatic carbocycles. The predicted molar refractivity (Wildman–Crippen MR) is 62.3 cm³/mol. The van der Waals surface area contributed by atoms with E-state index in [9.17, 15) is 9.18 Å². The van der Waals surface area contributed by atoms with Gasteiger partial charge in [-0.3, -0.25) is 9.48 Å². The van der Waals surface area contributed by atoms with Gasteiger partial charge in [-0.2, -0.15) is 5.10 Å². The molecule has 1 amide bonds. The zero-order valence-corrected chi connectivity index (χ0v) is 9.57. The highest BCUT2D eigenvalue weighted by molar-refractivity contribution is 6.03. The zero-order valence-electron chi connectivity index (χ0n) is 9.57. The van der Waals surface area contributed by atoms with E-state index in [4.69, 9.17) is 0 Å². The van der Waals surface area contributed by atoms with Crippen molar-refractivity contribution in [2.24, 2.45) is 7.05 Å². The molecule has 0 aliphatic rings. The van der Waals surface area contributed by atoms with Gasteiger partial charge in [0.1, 0.15) is 11.5 Å². The molecule has 0 radical (unpaired) electrons. The highest BCUT2D eigenvalue weighted by Gasteiger charge is 2.11. The molecular weight excluding hydrogens is 221 g/mol. The van der Waals surface area contributed by atoms with E-state index in [0.717, 1.165) is 5.56 Å². The van der Waals surface area contributed by atoms with Crippen molar-refractivity contribution in [1.29, 1.82) is 0 Å². The number of halogens is 1. The van der Waals surface area contributed by atoms with Crippen molar-refractivity contribution < 1.29 is 9.18 Å². The van der Waals surface area contributed by atoms with E-state index in [0.29, 0.717) is 11.4 Å². The van der Waals surface area contributed by atoms with E-state index in [1.807, 2.05) is 0 Å². The lowest BCUT2D eigenvalue weighted by atomic mass is 10.2. The maximum absolute atomic E-state index is 13.1. The number of hydrogen-bond acceptors (Lipinski definition) is 2. The van der Waals surface area contributed by atoms with Crippen LogP contribution in [0.4, 0.5) is 10.1 Å². The average molecular weight is 233 g/mol. The molecule has 1 heterocycles. The fourth-order valence-electron chi connectivity index (χ4n) is 1.51. The Kier molecular flexibility index (Phi) is 2.91. The van der Waals surface area contributed by atoms with Crippen LogP contribution >= 0.6 is 0 Å². The second kappa shape index (κ2) is 4.37. The smallest absolute Gasteiger partial charge is 0.273 e. The highest BCUT2D eigenvalue weighted by Crippen LogP contribution is 2.16. The van der Waals surface area contributed by atoms with E-state index in [1.54, 1.807) is 26.1 Å². The topological polar surface area (TPSA) is 46.9 Å². The summed E-state index contributed by atoms with van der Waals surface area (Å²) in [5.74, 6) is -0.686. The Morgan fingerprint density at radius 2 is 2.18 bits per heavy atom. The van der Waals surface area contributed by atoms with E-state index in [1.165, 1.54) is 23.0 Å². The second-order valence-corrected chi connectivity index (χ2v) is 3.75. The number of hydrogen-bond donors (Lipinski definition) is 1. The van der Waals surface area contributed by atoms with Gasteiger partial charge in [0.25, 0.3) is 5.91 Å². The third kappa shape index (κ3) is 2.33. The lowest BCUT2D eigenvalue weighted by Gasteiger charge is -2.08. The van der Waals surface area contributed by atoms with Crippen LogP contribution in [0.2, 0.25) is 0 Å². The Morgan fingerprint density at radius 1 is 1.41 bits per heavy atom. The second-order valence-electron chi connectivity index (χ2n) is 3.75. The summed E-state index contributed by atoms with van der Waals surface area (Å²) in [6, 6.07) is 5.87. The largest absolute Gasteiger partial charge is 0.320 e. The van der Waals surface area contributed by atoms with Gasteiger partial charge in [0.2, 0.25) is 0 Å². The molecule has 2 aromatic rings. The molecule has 0 bridgehead atoms. The first-order valence-corrected chi connectivity index (χ1v) is 5.13. The molecule has 0 saturated heterocycles. The van der Waals surface area contributed by atoms with Crippen LogP contribution in [0.15, 0.2) is 30.5 Å². The number of carbonyl (C=O) groups is 1. The molecule has 1 N–H and O–H groups in total. The van der Waals surface area contributed by atoms with Crippen molar-refractivity contribution in [1.82, 2.24) is 9.78 Å². The molecule has 4 nitrogen and oxygen atoms in total. The molecule has 1 aromatic heterocycles. The van der Waals surface area contributed by atoms with E-state index >= 15 is 0 Å². The summed E-state index contributed by atoms with van der Waals surface area (Å²) >= 11 is 0. The number of benzene rings is 1. The van der Waals surface area contributed by atoms with E-state index < -0.39 is 0 Å². The van der Waals surface area contributed by atoms with Crippen molar-refractivity contribution in [3.05, 3.63) is 47.5 Å². The zero-order chi connectivity index (χ0) is 12.4. The number of anilines is 1. The molecule has 0 aliphatic heterocycles. The van der Waals surface area contributed by atoms with Gasteiger partial charge >= 0.3 is 0 Å². The van der Waals surface area contributed by atoms with Gasteiger partial charge in [-0.1, -0.05) is 6.07 Å². The van der Waals surface area contributed by atoms with Gasteiger partial charge in [0.05, 0.1) is 0 Å². The quantitative estimate of drug-likeness (QED) is 0.863. The summed E-state index contributed by atoms with van der Waals surface area (Å²) in [6.45, 7) is 1.80. The minimum atomic E-state index is -0.379. The first-order chi connectivity index (χ1) is 8.08. The number of carbonyl (C=O) groups excluding carboxylic acids is 1. The number of aryl methyl sites for hydroxylation is 2. The van der Waals surface area contributed by atoms with Crippen LogP contribution in [-0.2, 0) is 7.05 Å². The average Bonchev–Trinajstić information content (AvgIpc) is 2.70. The van der Waals surface area contributed by atoms with Crippen molar-refractivity contribution in [3.63, 3.8) is 0 Å². The van der Waals surface area contributed by atoms with Gasteiger partial charge in [0.15, 0.2) is 0 Å². The molecule has 0 spiro atoms. The SMILES string of the molecule is Cc1ccc(F)cc1NC(=O)c1ccnn1C. The number of rotatable bonds is 2. The summed E-state index contributed by atoms with van der Waals surface area (Å²) in [5, 5.41) is 6.56. The number of aromatic nitrogens is 2. The van der Waals surface area contributed by atoms with Crippen molar-refractivity contribution in [2.75, 3.05) is 5.32 Å². The molecule has 17 heavy (non-hydrogen) atoms. The van der Waals surface area contributed by atoms with Crippen LogP contribution in [0.1, 0.15) is 16.1 Å². The molecule has 2 rings (SSSR count). The van der Waals surface area contributed by atoms with Crippen LogP contribution in [0.5, 0.6) is 0 Å². The summed E-state index contributed by atoms with van der Waals surface area (Å²) in [5.41, 5.74) is 1.70. The normalized spacial score (nSPS) is 10.3. The summed E-state index contributed by atoms with van der Waals surface area (Å²) in [7, 11) is 1.67. The van der Waals surface area contributed by atoms with Crippen molar-refractivity contribution >= 4 is 11.6 Å². The minimum absolute atomic E-state index is 0.307. The summed E-state index contributed by atoms with van der Waals surface area (Å²) in [6.07, 6.45) is 1.54. The number of nitrogens with one attached hydrogen (secondary N) is 1. The molecule has 0 fully saturated rings. The Bertz CT molecular complexity index is 563. The predicted octanol–water partition coefficient (Wildman–Crippen LogP) is 2.12. The number of amides is 1. The highest BCUT2D eigenvalue weighted by atomic mass is 19.1.